The highest BCUT2D eigenvalue weighted by molar-refractivity contribution is 9.10. The molecule has 0 unspecified atom stereocenters. The number of carbonyl (C=O) groups is 2. The van der Waals surface area contributed by atoms with Crippen molar-refractivity contribution in [2.45, 2.75) is 62.0 Å². The Bertz CT molecular complexity index is 1770. The molecule has 5 rings (SSSR count). The highest BCUT2D eigenvalue weighted by Gasteiger charge is 2.36. The van der Waals surface area contributed by atoms with Crippen molar-refractivity contribution in [3.05, 3.63) is 129 Å². The lowest BCUT2D eigenvalue weighted by Gasteiger charge is -2.35. The van der Waals surface area contributed by atoms with Crippen molar-refractivity contribution in [2.75, 3.05) is 10.8 Å². The lowest BCUT2D eigenvalue weighted by Crippen LogP contribution is -2.55. The molecule has 0 radical (unpaired) electrons. The van der Waals surface area contributed by atoms with E-state index >= 15 is 0 Å². The Morgan fingerprint density at radius 1 is 0.830 bits per heavy atom. The fraction of sp³-hybridized carbons (Fsp3) is 0.278. The molecule has 7 nitrogen and oxygen atoms in total. The van der Waals surface area contributed by atoms with E-state index in [0.717, 1.165) is 52.0 Å². The summed E-state index contributed by atoms with van der Waals surface area (Å²) in [6.07, 6.45) is 5.18. The Balaban J connectivity index is 1.58. The summed E-state index contributed by atoms with van der Waals surface area (Å²) in [5.41, 5.74) is 1.71. The molecule has 1 N–H and O–H groups in total. The third-order valence-electron chi connectivity index (χ3n) is 8.28. The summed E-state index contributed by atoms with van der Waals surface area (Å²) in [5, 5.41) is 3.58. The summed E-state index contributed by atoms with van der Waals surface area (Å²) in [6.45, 7) is -0.542. The zero-order valence-corrected chi connectivity index (χ0v) is 29.6. The standard InChI is InChI=1S/C36H36BrCl2N3O4S/c37-28-18-16-27(17-19-28)24-41(34(22-26-10-4-1-5-11-26)36(44)40-30-12-6-2-7-13-30)35(43)25-42(33-23-29(38)20-21-32(33)39)47(45,46)31-14-8-3-9-15-31/h1,3-5,8-11,14-21,23,30,34H,2,6-7,12-13,22,24-25H2,(H,40,44)/t34-/m0/s1. The van der Waals surface area contributed by atoms with Gasteiger partial charge in [0.15, 0.2) is 0 Å². The number of nitrogens with one attached hydrogen (secondary N) is 1. The molecule has 1 fully saturated rings. The maximum absolute atomic E-state index is 14.7. The molecule has 1 saturated carbocycles. The molecule has 1 aliphatic carbocycles. The van der Waals surface area contributed by atoms with Gasteiger partial charge in [0.1, 0.15) is 12.6 Å². The van der Waals surface area contributed by atoms with Crippen molar-refractivity contribution >= 4 is 66.7 Å². The fourth-order valence-corrected chi connectivity index (χ4v) is 7.94. The van der Waals surface area contributed by atoms with Crippen LogP contribution in [-0.2, 0) is 32.6 Å². The van der Waals surface area contributed by atoms with Crippen LogP contribution in [0.25, 0.3) is 0 Å². The van der Waals surface area contributed by atoms with Gasteiger partial charge in [-0.25, -0.2) is 8.42 Å². The molecule has 4 aromatic carbocycles. The van der Waals surface area contributed by atoms with Crippen LogP contribution in [0.2, 0.25) is 10.0 Å². The monoisotopic (exact) mass is 755 g/mol. The Hall–Kier alpha value is -3.37. The number of hydrogen-bond acceptors (Lipinski definition) is 4. The van der Waals surface area contributed by atoms with Gasteiger partial charge in [0.25, 0.3) is 10.0 Å². The van der Waals surface area contributed by atoms with Gasteiger partial charge in [-0.1, -0.05) is 119 Å². The van der Waals surface area contributed by atoms with Crippen molar-refractivity contribution in [1.29, 1.82) is 0 Å². The van der Waals surface area contributed by atoms with E-state index in [2.05, 4.69) is 21.2 Å². The Labute approximate surface area is 295 Å². The number of rotatable bonds is 12. The predicted molar refractivity (Wildman–Crippen MR) is 191 cm³/mol. The van der Waals surface area contributed by atoms with Crippen molar-refractivity contribution in [3.63, 3.8) is 0 Å². The molecule has 47 heavy (non-hydrogen) atoms. The number of halogens is 3. The smallest absolute Gasteiger partial charge is 0.264 e. The maximum Gasteiger partial charge on any atom is 0.264 e. The third-order valence-corrected chi connectivity index (χ3v) is 11.1. The summed E-state index contributed by atoms with van der Waals surface area (Å²) in [5.74, 6) is -0.840. The molecule has 0 aliphatic heterocycles. The number of nitrogens with zero attached hydrogens (tertiary/aromatic N) is 2. The first-order valence-corrected chi connectivity index (χ1v) is 18.5. The molecule has 4 aromatic rings. The van der Waals surface area contributed by atoms with E-state index < -0.39 is 28.5 Å². The average molecular weight is 758 g/mol. The largest absolute Gasteiger partial charge is 0.352 e. The van der Waals surface area contributed by atoms with Crippen LogP contribution in [0.4, 0.5) is 5.69 Å². The topological polar surface area (TPSA) is 86.8 Å². The highest BCUT2D eigenvalue weighted by Crippen LogP contribution is 2.33. The number of benzene rings is 4. The van der Waals surface area contributed by atoms with Gasteiger partial charge in [0.05, 0.1) is 15.6 Å². The lowest BCUT2D eigenvalue weighted by molar-refractivity contribution is -0.140. The van der Waals surface area contributed by atoms with E-state index in [4.69, 9.17) is 23.2 Å². The minimum atomic E-state index is -4.29. The van der Waals surface area contributed by atoms with E-state index in [0.29, 0.717) is 0 Å². The maximum atomic E-state index is 14.7. The van der Waals surface area contributed by atoms with Crippen molar-refractivity contribution in [2.24, 2.45) is 0 Å². The van der Waals surface area contributed by atoms with E-state index in [1.807, 2.05) is 54.6 Å². The first kappa shape index (κ1) is 35.0. The van der Waals surface area contributed by atoms with Crippen LogP contribution in [0.3, 0.4) is 0 Å². The van der Waals surface area contributed by atoms with Gasteiger partial charge in [-0.05, 0) is 66.4 Å². The van der Waals surface area contributed by atoms with Crippen LogP contribution in [0.5, 0.6) is 0 Å². The summed E-state index contributed by atoms with van der Waals surface area (Å²) >= 11 is 16.3. The second-order valence-corrected chi connectivity index (χ2v) is 15.2. The quantitative estimate of drug-likeness (QED) is 0.159. The Morgan fingerprint density at radius 2 is 1.47 bits per heavy atom. The predicted octanol–water partition coefficient (Wildman–Crippen LogP) is 8.04. The number of hydrogen-bond donors (Lipinski definition) is 1. The fourth-order valence-electron chi connectivity index (χ4n) is 5.79. The molecular formula is C36H36BrCl2N3O4S. The minimum Gasteiger partial charge on any atom is -0.352 e. The summed E-state index contributed by atoms with van der Waals surface area (Å²) < 4.78 is 30.2. The van der Waals surface area contributed by atoms with Gasteiger partial charge < -0.3 is 10.2 Å². The number of carbonyl (C=O) groups excluding carboxylic acids is 2. The molecule has 1 atom stereocenters. The zero-order valence-electron chi connectivity index (χ0n) is 25.7. The van der Waals surface area contributed by atoms with Gasteiger partial charge in [-0.3, -0.25) is 13.9 Å². The van der Waals surface area contributed by atoms with E-state index in [1.165, 1.54) is 29.2 Å². The number of amides is 2. The minimum absolute atomic E-state index is 0.0133. The summed E-state index contributed by atoms with van der Waals surface area (Å²) in [7, 11) is -4.29. The molecule has 0 bridgehead atoms. The van der Waals surface area contributed by atoms with E-state index in [9.17, 15) is 18.0 Å². The summed E-state index contributed by atoms with van der Waals surface area (Å²) in [6, 6.07) is 28.4. The first-order chi connectivity index (χ1) is 22.6. The molecule has 0 aromatic heterocycles. The van der Waals surface area contributed by atoms with Crippen LogP contribution in [0.15, 0.2) is 112 Å². The van der Waals surface area contributed by atoms with Crippen molar-refractivity contribution in [3.8, 4) is 0 Å². The van der Waals surface area contributed by atoms with Crippen LogP contribution in [0.1, 0.15) is 43.2 Å². The van der Waals surface area contributed by atoms with Gasteiger partial charge in [-0.15, -0.1) is 0 Å². The van der Waals surface area contributed by atoms with Crippen LogP contribution in [-0.4, -0.2) is 43.8 Å². The molecular weight excluding hydrogens is 721 g/mol. The molecule has 11 heteroatoms. The highest BCUT2D eigenvalue weighted by atomic mass is 79.9. The average Bonchev–Trinajstić information content (AvgIpc) is 3.08. The molecule has 2 amide bonds. The van der Waals surface area contributed by atoms with Crippen LogP contribution in [0, 0.1) is 0 Å². The van der Waals surface area contributed by atoms with Crippen molar-refractivity contribution in [1.82, 2.24) is 10.2 Å². The van der Waals surface area contributed by atoms with Gasteiger partial charge in [0.2, 0.25) is 11.8 Å². The number of sulfonamides is 1. The second kappa shape index (κ2) is 16.2. The Morgan fingerprint density at radius 3 is 2.13 bits per heavy atom. The molecule has 0 saturated heterocycles. The van der Waals surface area contributed by atoms with Gasteiger partial charge in [0, 0.05) is 28.5 Å². The Kier molecular flexibility index (Phi) is 12.0. The SMILES string of the molecule is O=C(NC1CCCCC1)[C@H](Cc1ccccc1)N(Cc1ccc(Br)cc1)C(=O)CN(c1cc(Cl)ccc1Cl)S(=O)(=O)c1ccccc1. The summed E-state index contributed by atoms with van der Waals surface area (Å²) in [4.78, 5) is 30.3. The van der Waals surface area contributed by atoms with Crippen LogP contribution < -0.4 is 9.62 Å². The molecule has 1 aliphatic rings. The second-order valence-electron chi connectivity index (χ2n) is 11.6. The first-order valence-electron chi connectivity index (χ1n) is 15.5. The molecule has 246 valence electrons. The van der Waals surface area contributed by atoms with Crippen molar-refractivity contribution < 1.29 is 18.0 Å². The van der Waals surface area contributed by atoms with Gasteiger partial charge in [-0.2, -0.15) is 0 Å². The molecule has 0 heterocycles. The van der Waals surface area contributed by atoms with Gasteiger partial charge >= 0.3 is 0 Å². The van der Waals surface area contributed by atoms with Crippen LogP contribution >= 0.6 is 39.1 Å². The normalized spacial score (nSPS) is 14.3. The lowest BCUT2D eigenvalue weighted by atomic mass is 9.94. The molecule has 0 spiro atoms. The van der Waals surface area contributed by atoms with E-state index in [1.54, 1.807) is 24.3 Å². The van der Waals surface area contributed by atoms with E-state index in [-0.39, 0.29) is 45.5 Å². The number of anilines is 1. The third kappa shape index (κ3) is 9.16. The zero-order chi connectivity index (χ0) is 33.4.